The van der Waals surface area contributed by atoms with Gasteiger partial charge >= 0.3 is 0 Å². The van der Waals surface area contributed by atoms with Gasteiger partial charge in [0.25, 0.3) is 0 Å². The number of para-hydroxylation sites is 2. The lowest BCUT2D eigenvalue weighted by Gasteiger charge is -2.12. The van der Waals surface area contributed by atoms with Crippen molar-refractivity contribution in [2.75, 3.05) is 0 Å². The van der Waals surface area contributed by atoms with E-state index < -0.39 is 0 Å². The number of nitrogens with zero attached hydrogens (tertiary/aromatic N) is 2. The molecule has 5 aromatic carbocycles. The van der Waals surface area contributed by atoms with E-state index in [9.17, 15) is 0 Å². The summed E-state index contributed by atoms with van der Waals surface area (Å²) in [7, 11) is 0. The summed E-state index contributed by atoms with van der Waals surface area (Å²) in [5.41, 5.74) is 10.0. The molecule has 41 heavy (non-hydrogen) atoms. The van der Waals surface area contributed by atoms with E-state index in [1.807, 2.05) is 11.3 Å². The van der Waals surface area contributed by atoms with Crippen molar-refractivity contribution in [1.29, 1.82) is 0 Å². The lowest BCUT2D eigenvalue weighted by Crippen LogP contribution is -1.96. The number of fused-ring (bicyclic) bond motifs is 8. The van der Waals surface area contributed by atoms with E-state index in [0.717, 1.165) is 12.8 Å². The second kappa shape index (κ2) is 8.82. The quantitative estimate of drug-likeness (QED) is 0.210. The first-order valence-corrected chi connectivity index (χ1v) is 15.1. The maximum Gasteiger partial charge on any atom is 0.0727 e. The van der Waals surface area contributed by atoms with E-state index in [-0.39, 0.29) is 0 Å². The molecule has 0 aliphatic heterocycles. The predicted octanol–water partition coefficient (Wildman–Crippen LogP) is 11.0. The summed E-state index contributed by atoms with van der Waals surface area (Å²) in [6.45, 7) is 0. The van der Waals surface area contributed by atoms with Crippen LogP contribution in [0.1, 0.15) is 12.8 Å². The molecule has 0 fully saturated rings. The molecule has 9 rings (SSSR count). The van der Waals surface area contributed by atoms with Gasteiger partial charge in [-0.25, -0.2) is 0 Å². The molecular formula is C38H26N2S. The number of allylic oxidation sites excluding steroid dienone is 4. The van der Waals surface area contributed by atoms with E-state index in [4.69, 9.17) is 0 Å². The highest BCUT2D eigenvalue weighted by Crippen LogP contribution is 2.44. The van der Waals surface area contributed by atoms with Crippen LogP contribution in [0.5, 0.6) is 0 Å². The number of benzene rings is 5. The zero-order chi connectivity index (χ0) is 26.9. The molecule has 3 heterocycles. The first-order chi connectivity index (χ1) is 20.3. The molecule has 0 atom stereocenters. The summed E-state index contributed by atoms with van der Waals surface area (Å²) < 4.78 is 7.54. The standard InChI is InChI=1S/C38H26N2S/c1-3-11-27(12-4-1)39-33-17-9-7-15-29(33)31-23-25(19-21-34(31)39)26-20-22-35-32(24-26)38-37(30-16-8-10-18-36(30)41-38)40(35)28-13-5-2-6-14-28/h2-3,5-24H,1,4H2. The number of hydrogen-bond acceptors (Lipinski definition) is 1. The van der Waals surface area contributed by atoms with E-state index in [1.54, 1.807) is 0 Å². The fourth-order valence-electron chi connectivity index (χ4n) is 6.69. The second-order valence-corrected chi connectivity index (χ2v) is 11.9. The summed E-state index contributed by atoms with van der Waals surface area (Å²) in [6, 6.07) is 42.3. The minimum absolute atomic E-state index is 1.09. The van der Waals surface area contributed by atoms with Gasteiger partial charge in [-0.2, -0.15) is 0 Å². The van der Waals surface area contributed by atoms with E-state index in [1.165, 1.54) is 75.5 Å². The molecular weight excluding hydrogens is 516 g/mol. The number of rotatable bonds is 3. The molecule has 1 aliphatic carbocycles. The predicted molar refractivity (Wildman–Crippen MR) is 177 cm³/mol. The highest BCUT2D eigenvalue weighted by Gasteiger charge is 2.19. The van der Waals surface area contributed by atoms with Crippen LogP contribution in [-0.2, 0) is 0 Å². The Morgan fingerprint density at radius 1 is 0.537 bits per heavy atom. The Kier molecular flexibility index (Phi) is 4.93. The average Bonchev–Trinajstić information content (AvgIpc) is 3.68. The summed E-state index contributed by atoms with van der Waals surface area (Å²) in [5.74, 6) is 0. The van der Waals surface area contributed by atoms with Crippen LogP contribution in [0.2, 0.25) is 0 Å². The van der Waals surface area contributed by atoms with Crippen molar-refractivity contribution in [3.63, 3.8) is 0 Å². The molecule has 3 aromatic heterocycles. The lowest BCUT2D eigenvalue weighted by molar-refractivity contribution is 1.02. The first-order valence-electron chi connectivity index (χ1n) is 14.3. The van der Waals surface area contributed by atoms with Crippen molar-refractivity contribution in [3.8, 4) is 16.8 Å². The van der Waals surface area contributed by atoms with Crippen molar-refractivity contribution in [3.05, 3.63) is 133 Å². The first kappa shape index (κ1) is 22.9. The summed E-state index contributed by atoms with van der Waals surface area (Å²) >= 11 is 1.90. The molecule has 2 nitrogen and oxygen atoms in total. The maximum absolute atomic E-state index is 2.44. The van der Waals surface area contributed by atoms with Crippen molar-refractivity contribution < 1.29 is 0 Å². The maximum atomic E-state index is 2.44. The Labute approximate surface area is 241 Å². The van der Waals surface area contributed by atoms with Crippen molar-refractivity contribution >= 4 is 70.0 Å². The van der Waals surface area contributed by atoms with E-state index in [2.05, 4.69) is 143 Å². The van der Waals surface area contributed by atoms with Crippen molar-refractivity contribution in [1.82, 2.24) is 9.13 Å². The van der Waals surface area contributed by atoms with Gasteiger partial charge in [0, 0.05) is 37.6 Å². The van der Waals surface area contributed by atoms with Gasteiger partial charge in [0.15, 0.2) is 0 Å². The van der Waals surface area contributed by atoms with Gasteiger partial charge in [0.2, 0.25) is 0 Å². The Hall–Kier alpha value is -4.86. The largest absolute Gasteiger partial charge is 0.310 e. The Bertz CT molecular complexity index is 2360. The molecule has 0 unspecified atom stereocenters. The third-order valence-corrected chi connectivity index (χ3v) is 9.72. The van der Waals surface area contributed by atoms with E-state index in [0.29, 0.717) is 0 Å². The molecule has 194 valence electrons. The average molecular weight is 543 g/mol. The van der Waals surface area contributed by atoms with Crippen LogP contribution in [0.25, 0.3) is 75.5 Å². The summed E-state index contributed by atoms with van der Waals surface area (Å²) in [6.07, 6.45) is 9.13. The molecule has 3 heteroatoms. The minimum atomic E-state index is 1.09. The molecule has 0 radical (unpaired) electrons. The van der Waals surface area contributed by atoms with E-state index >= 15 is 0 Å². The smallest absolute Gasteiger partial charge is 0.0727 e. The minimum Gasteiger partial charge on any atom is -0.310 e. The third kappa shape index (κ3) is 3.36. The Morgan fingerprint density at radius 3 is 2.02 bits per heavy atom. The molecule has 1 aliphatic rings. The summed E-state index contributed by atoms with van der Waals surface area (Å²) in [4.78, 5) is 0. The van der Waals surface area contributed by atoms with Crippen LogP contribution in [-0.4, -0.2) is 9.13 Å². The highest BCUT2D eigenvalue weighted by atomic mass is 32.1. The normalized spacial score (nSPS) is 13.7. The van der Waals surface area contributed by atoms with Gasteiger partial charge in [-0.3, -0.25) is 0 Å². The Balaban J connectivity index is 1.29. The molecule has 0 saturated carbocycles. The zero-order valence-electron chi connectivity index (χ0n) is 22.4. The highest BCUT2D eigenvalue weighted by molar-refractivity contribution is 7.26. The number of thiophene rings is 1. The van der Waals surface area contributed by atoms with Gasteiger partial charge in [0.05, 0.1) is 26.8 Å². The molecule has 0 bridgehead atoms. The molecule has 0 amide bonds. The SMILES string of the molecule is C1=CC(n2c3ccccc3c3cc(-c4ccc5c(c4)c4sc6ccccc6c4n5-c4ccccc4)ccc32)=CCC1. The zero-order valence-corrected chi connectivity index (χ0v) is 23.2. The fourth-order valence-corrected chi connectivity index (χ4v) is 7.90. The van der Waals surface area contributed by atoms with Gasteiger partial charge in [-0.05, 0) is 78.6 Å². The van der Waals surface area contributed by atoms with Crippen LogP contribution >= 0.6 is 11.3 Å². The topological polar surface area (TPSA) is 9.86 Å². The third-order valence-electron chi connectivity index (χ3n) is 8.53. The van der Waals surface area contributed by atoms with Crippen LogP contribution in [0.4, 0.5) is 0 Å². The lowest BCUT2D eigenvalue weighted by atomic mass is 10.0. The molecule has 8 aromatic rings. The van der Waals surface area contributed by atoms with Crippen LogP contribution in [0, 0.1) is 0 Å². The van der Waals surface area contributed by atoms with Gasteiger partial charge < -0.3 is 9.13 Å². The van der Waals surface area contributed by atoms with Gasteiger partial charge in [0.1, 0.15) is 0 Å². The van der Waals surface area contributed by atoms with Gasteiger partial charge in [-0.1, -0.05) is 78.9 Å². The molecule has 0 saturated heterocycles. The van der Waals surface area contributed by atoms with Gasteiger partial charge in [-0.15, -0.1) is 11.3 Å². The number of hydrogen-bond donors (Lipinski definition) is 0. The van der Waals surface area contributed by atoms with Crippen molar-refractivity contribution in [2.24, 2.45) is 0 Å². The number of aromatic nitrogens is 2. The van der Waals surface area contributed by atoms with Crippen LogP contribution in [0.3, 0.4) is 0 Å². The monoisotopic (exact) mass is 542 g/mol. The van der Waals surface area contributed by atoms with Crippen LogP contribution < -0.4 is 0 Å². The van der Waals surface area contributed by atoms with Crippen LogP contribution in [0.15, 0.2) is 133 Å². The van der Waals surface area contributed by atoms with Crippen molar-refractivity contribution in [2.45, 2.75) is 12.8 Å². The Morgan fingerprint density at radius 2 is 1.22 bits per heavy atom. The second-order valence-electron chi connectivity index (χ2n) is 10.9. The summed E-state index contributed by atoms with van der Waals surface area (Å²) in [5, 5.41) is 5.22. The fraction of sp³-hybridized carbons (Fsp3) is 0.0526. The molecule has 0 spiro atoms. The molecule has 0 N–H and O–H groups in total.